The molecule has 5 nitrogen and oxygen atoms in total. The van der Waals surface area contributed by atoms with Crippen LogP contribution in [0.5, 0.6) is 0 Å². The van der Waals surface area contributed by atoms with Gasteiger partial charge in [-0.1, -0.05) is 12.1 Å². The minimum atomic E-state index is -3.39. The predicted octanol–water partition coefficient (Wildman–Crippen LogP) is 1.65. The number of sulfonamides is 1. The van der Waals surface area contributed by atoms with Crippen molar-refractivity contribution in [2.45, 2.75) is 25.7 Å². The average molecular weight is 326 g/mol. The summed E-state index contributed by atoms with van der Waals surface area (Å²) in [6.45, 7) is 10.7. The topological polar surface area (TPSA) is 49.9 Å². The first-order valence-electron chi connectivity index (χ1n) is 7.82. The van der Waals surface area contributed by atoms with Crippen molar-refractivity contribution >= 4 is 10.0 Å². The second-order valence-electron chi connectivity index (χ2n) is 5.71. The van der Waals surface area contributed by atoms with Crippen LogP contribution in [0.15, 0.2) is 23.1 Å². The predicted molar refractivity (Wildman–Crippen MR) is 87.6 cm³/mol. The number of hydrogen-bond acceptors (Lipinski definition) is 4. The van der Waals surface area contributed by atoms with Crippen molar-refractivity contribution in [1.29, 1.82) is 0 Å². The zero-order valence-electron chi connectivity index (χ0n) is 13.7. The van der Waals surface area contributed by atoms with Gasteiger partial charge in [-0.15, -0.1) is 0 Å². The number of hydrogen-bond donors (Lipinski definition) is 0. The molecule has 1 aromatic rings. The zero-order chi connectivity index (χ0) is 16.2. The van der Waals surface area contributed by atoms with E-state index in [9.17, 15) is 8.42 Å². The van der Waals surface area contributed by atoms with Gasteiger partial charge >= 0.3 is 0 Å². The standard InChI is InChI=1S/C16H26N2O3S/c1-4-21-12-11-17-7-9-18(10-8-17)22(19,20)16-13-14(2)5-6-15(16)3/h5-6,13H,4,7-12H2,1-3H3. The van der Waals surface area contributed by atoms with Crippen molar-refractivity contribution in [1.82, 2.24) is 9.21 Å². The molecule has 1 heterocycles. The molecule has 1 aliphatic heterocycles. The first kappa shape index (κ1) is 17.4. The normalized spacial score (nSPS) is 17.8. The third kappa shape index (κ3) is 4.07. The highest BCUT2D eigenvalue weighted by Gasteiger charge is 2.29. The molecule has 22 heavy (non-hydrogen) atoms. The van der Waals surface area contributed by atoms with Crippen molar-refractivity contribution in [2.75, 3.05) is 45.9 Å². The summed E-state index contributed by atoms with van der Waals surface area (Å²) in [5, 5.41) is 0. The zero-order valence-corrected chi connectivity index (χ0v) is 14.5. The van der Waals surface area contributed by atoms with Gasteiger partial charge in [0.2, 0.25) is 10.0 Å². The maximum atomic E-state index is 12.8. The van der Waals surface area contributed by atoms with Gasteiger partial charge < -0.3 is 4.74 Å². The fourth-order valence-corrected chi connectivity index (χ4v) is 4.39. The number of ether oxygens (including phenoxy) is 1. The SMILES string of the molecule is CCOCCN1CCN(S(=O)(=O)c2cc(C)ccc2C)CC1. The number of aryl methyl sites for hydroxylation is 2. The van der Waals surface area contributed by atoms with E-state index in [1.54, 1.807) is 10.4 Å². The van der Waals surface area contributed by atoms with E-state index in [2.05, 4.69) is 4.90 Å². The summed E-state index contributed by atoms with van der Waals surface area (Å²) in [7, 11) is -3.39. The molecular formula is C16H26N2O3S. The van der Waals surface area contributed by atoms with Gasteiger partial charge in [-0.2, -0.15) is 4.31 Å². The lowest BCUT2D eigenvalue weighted by molar-refractivity contribution is 0.0979. The summed E-state index contributed by atoms with van der Waals surface area (Å²) in [5.41, 5.74) is 1.78. The molecule has 0 spiro atoms. The minimum Gasteiger partial charge on any atom is -0.380 e. The van der Waals surface area contributed by atoms with Crippen molar-refractivity contribution in [3.8, 4) is 0 Å². The van der Waals surface area contributed by atoms with E-state index < -0.39 is 10.0 Å². The van der Waals surface area contributed by atoms with Gasteiger partial charge in [0, 0.05) is 39.3 Å². The summed E-state index contributed by atoms with van der Waals surface area (Å²) >= 11 is 0. The molecule has 0 aliphatic carbocycles. The van der Waals surface area contributed by atoms with Crippen LogP contribution in [-0.4, -0.2) is 63.6 Å². The van der Waals surface area contributed by atoms with Gasteiger partial charge in [0.1, 0.15) is 0 Å². The second kappa shape index (κ2) is 7.55. The highest BCUT2D eigenvalue weighted by Crippen LogP contribution is 2.22. The second-order valence-corrected chi connectivity index (χ2v) is 7.62. The highest BCUT2D eigenvalue weighted by atomic mass is 32.2. The molecule has 6 heteroatoms. The molecule has 1 fully saturated rings. The molecule has 0 N–H and O–H groups in total. The number of rotatable bonds is 6. The smallest absolute Gasteiger partial charge is 0.243 e. The number of benzene rings is 1. The van der Waals surface area contributed by atoms with E-state index in [1.165, 1.54) is 0 Å². The molecule has 2 rings (SSSR count). The Morgan fingerprint density at radius 2 is 1.82 bits per heavy atom. The summed E-state index contributed by atoms with van der Waals surface area (Å²) in [6.07, 6.45) is 0. The Morgan fingerprint density at radius 1 is 1.14 bits per heavy atom. The molecular weight excluding hydrogens is 300 g/mol. The van der Waals surface area contributed by atoms with Crippen LogP contribution in [0.1, 0.15) is 18.1 Å². The Morgan fingerprint density at radius 3 is 2.45 bits per heavy atom. The van der Waals surface area contributed by atoms with Crippen LogP contribution in [0.2, 0.25) is 0 Å². The molecule has 1 aliphatic rings. The van der Waals surface area contributed by atoms with Crippen molar-refractivity contribution in [2.24, 2.45) is 0 Å². The van der Waals surface area contributed by atoms with Crippen LogP contribution in [0.25, 0.3) is 0 Å². The van der Waals surface area contributed by atoms with Gasteiger partial charge in [0.25, 0.3) is 0 Å². The molecule has 1 aromatic carbocycles. The number of nitrogens with zero attached hydrogens (tertiary/aromatic N) is 2. The quantitative estimate of drug-likeness (QED) is 0.746. The lowest BCUT2D eigenvalue weighted by atomic mass is 10.2. The average Bonchev–Trinajstić information content (AvgIpc) is 2.50. The summed E-state index contributed by atoms with van der Waals surface area (Å²) in [6, 6.07) is 5.59. The fourth-order valence-electron chi connectivity index (χ4n) is 2.66. The van der Waals surface area contributed by atoms with Gasteiger partial charge in [-0.05, 0) is 38.0 Å². The van der Waals surface area contributed by atoms with E-state index in [-0.39, 0.29) is 0 Å². The highest BCUT2D eigenvalue weighted by molar-refractivity contribution is 7.89. The maximum Gasteiger partial charge on any atom is 0.243 e. The minimum absolute atomic E-state index is 0.440. The Hall–Kier alpha value is -0.950. The van der Waals surface area contributed by atoms with Gasteiger partial charge in [-0.25, -0.2) is 8.42 Å². The van der Waals surface area contributed by atoms with Gasteiger partial charge in [0.15, 0.2) is 0 Å². The molecule has 0 amide bonds. The van der Waals surface area contributed by atoms with Crippen LogP contribution in [0.4, 0.5) is 0 Å². The molecule has 0 aromatic heterocycles. The van der Waals surface area contributed by atoms with Crippen molar-refractivity contribution in [3.05, 3.63) is 29.3 Å². The van der Waals surface area contributed by atoms with E-state index in [1.807, 2.05) is 32.9 Å². The Kier molecular flexibility index (Phi) is 5.97. The van der Waals surface area contributed by atoms with Crippen molar-refractivity contribution in [3.63, 3.8) is 0 Å². The van der Waals surface area contributed by atoms with E-state index in [0.717, 1.165) is 37.4 Å². The first-order chi connectivity index (χ1) is 10.4. The number of piperazine rings is 1. The van der Waals surface area contributed by atoms with E-state index >= 15 is 0 Å². The van der Waals surface area contributed by atoms with Gasteiger partial charge in [-0.3, -0.25) is 4.90 Å². The lowest BCUT2D eigenvalue weighted by Gasteiger charge is -2.34. The van der Waals surface area contributed by atoms with Crippen LogP contribution >= 0.6 is 0 Å². The largest absolute Gasteiger partial charge is 0.380 e. The van der Waals surface area contributed by atoms with Crippen molar-refractivity contribution < 1.29 is 13.2 Å². The van der Waals surface area contributed by atoms with Gasteiger partial charge in [0.05, 0.1) is 11.5 Å². The molecule has 0 unspecified atom stereocenters. The molecule has 1 saturated heterocycles. The lowest BCUT2D eigenvalue weighted by Crippen LogP contribution is -2.49. The molecule has 0 atom stereocenters. The molecule has 124 valence electrons. The van der Waals surface area contributed by atoms with E-state index in [4.69, 9.17) is 4.74 Å². The third-order valence-electron chi connectivity index (χ3n) is 4.05. The fraction of sp³-hybridized carbons (Fsp3) is 0.625. The third-order valence-corrected chi connectivity index (χ3v) is 6.09. The Balaban J connectivity index is 2.02. The molecule has 0 bridgehead atoms. The monoisotopic (exact) mass is 326 g/mol. The van der Waals surface area contributed by atoms with Crippen LogP contribution in [0.3, 0.4) is 0 Å². The Labute approximate surface area is 133 Å². The maximum absolute atomic E-state index is 12.8. The van der Waals surface area contributed by atoms with Crippen LogP contribution < -0.4 is 0 Å². The summed E-state index contributed by atoms with van der Waals surface area (Å²) in [5.74, 6) is 0. The van der Waals surface area contributed by atoms with Crippen LogP contribution in [0, 0.1) is 13.8 Å². The van der Waals surface area contributed by atoms with E-state index in [0.29, 0.717) is 24.6 Å². The molecule has 0 radical (unpaired) electrons. The summed E-state index contributed by atoms with van der Waals surface area (Å²) in [4.78, 5) is 2.69. The first-order valence-corrected chi connectivity index (χ1v) is 9.26. The molecule has 0 saturated carbocycles. The summed E-state index contributed by atoms with van der Waals surface area (Å²) < 4.78 is 32.6. The van der Waals surface area contributed by atoms with Crippen LogP contribution in [-0.2, 0) is 14.8 Å². The Bertz CT molecular complexity index is 593.